The van der Waals surface area contributed by atoms with Crippen molar-refractivity contribution in [3.8, 4) is 0 Å². The first kappa shape index (κ1) is 15.0. The van der Waals surface area contributed by atoms with Gasteiger partial charge in [0.2, 0.25) is 0 Å². The first-order valence-corrected chi connectivity index (χ1v) is 6.64. The molecule has 0 aliphatic carbocycles. The Morgan fingerprint density at radius 3 is 2.33 bits per heavy atom. The number of rotatable bonds is 3. The SMILES string of the molecule is CCN(CC)C(=O)c1cc(Cl)cnc1C(C)(C)C. The van der Waals surface area contributed by atoms with Crippen molar-refractivity contribution in [3.05, 3.63) is 28.5 Å². The standard InChI is InChI=1S/C14H21ClN2O/c1-6-17(7-2)13(18)11-8-10(15)9-16-12(11)14(3,4)5/h8-9H,6-7H2,1-5H3. The predicted octanol–water partition coefficient (Wildman–Crippen LogP) is 3.51. The molecule has 18 heavy (non-hydrogen) atoms. The zero-order valence-electron chi connectivity index (χ0n) is 11.7. The van der Waals surface area contributed by atoms with Crippen molar-refractivity contribution in [1.82, 2.24) is 9.88 Å². The lowest BCUT2D eigenvalue weighted by molar-refractivity contribution is 0.0769. The van der Waals surface area contributed by atoms with Gasteiger partial charge in [0, 0.05) is 24.7 Å². The summed E-state index contributed by atoms with van der Waals surface area (Å²) in [4.78, 5) is 18.6. The number of carbonyl (C=O) groups excluding carboxylic acids is 1. The highest BCUT2D eigenvalue weighted by Gasteiger charge is 2.25. The van der Waals surface area contributed by atoms with Crippen LogP contribution in [0.25, 0.3) is 0 Å². The van der Waals surface area contributed by atoms with Gasteiger partial charge in [0.1, 0.15) is 0 Å². The Balaban J connectivity index is 3.29. The third kappa shape index (κ3) is 3.22. The highest BCUT2D eigenvalue weighted by Crippen LogP contribution is 2.26. The van der Waals surface area contributed by atoms with Crippen LogP contribution in [0.2, 0.25) is 5.02 Å². The van der Waals surface area contributed by atoms with Gasteiger partial charge in [0.05, 0.1) is 16.3 Å². The van der Waals surface area contributed by atoms with Crippen molar-refractivity contribution >= 4 is 17.5 Å². The van der Waals surface area contributed by atoms with Gasteiger partial charge in [-0.2, -0.15) is 0 Å². The minimum absolute atomic E-state index is 0.0000694. The lowest BCUT2D eigenvalue weighted by atomic mass is 9.88. The third-order valence-electron chi connectivity index (χ3n) is 2.85. The van der Waals surface area contributed by atoms with E-state index >= 15 is 0 Å². The minimum Gasteiger partial charge on any atom is -0.339 e. The van der Waals surface area contributed by atoms with Crippen LogP contribution in [0.15, 0.2) is 12.3 Å². The van der Waals surface area contributed by atoms with E-state index < -0.39 is 0 Å². The average molecular weight is 269 g/mol. The molecule has 1 aromatic rings. The van der Waals surface area contributed by atoms with Gasteiger partial charge in [-0.25, -0.2) is 0 Å². The van der Waals surface area contributed by atoms with E-state index in [1.165, 1.54) is 0 Å². The van der Waals surface area contributed by atoms with Crippen molar-refractivity contribution in [2.24, 2.45) is 0 Å². The Hall–Kier alpha value is -1.09. The van der Waals surface area contributed by atoms with Crippen LogP contribution in [0.4, 0.5) is 0 Å². The first-order chi connectivity index (χ1) is 8.31. The molecule has 1 aromatic heterocycles. The van der Waals surface area contributed by atoms with E-state index in [4.69, 9.17) is 11.6 Å². The van der Waals surface area contributed by atoms with E-state index in [-0.39, 0.29) is 11.3 Å². The van der Waals surface area contributed by atoms with Crippen LogP contribution in [-0.2, 0) is 5.41 Å². The van der Waals surface area contributed by atoms with E-state index in [1.807, 2.05) is 34.6 Å². The van der Waals surface area contributed by atoms with Gasteiger partial charge in [0.25, 0.3) is 5.91 Å². The number of hydrogen-bond acceptors (Lipinski definition) is 2. The van der Waals surface area contributed by atoms with Crippen molar-refractivity contribution in [2.45, 2.75) is 40.0 Å². The second-order valence-corrected chi connectivity index (χ2v) is 5.71. The number of amides is 1. The van der Waals surface area contributed by atoms with Crippen LogP contribution in [0.1, 0.15) is 50.7 Å². The molecular weight excluding hydrogens is 248 g/mol. The molecule has 0 bridgehead atoms. The molecule has 0 fully saturated rings. The molecule has 3 nitrogen and oxygen atoms in total. The molecule has 1 rings (SSSR count). The fourth-order valence-electron chi connectivity index (χ4n) is 1.88. The molecule has 0 saturated carbocycles. The number of hydrogen-bond donors (Lipinski definition) is 0. The van der Waals surface area contributed by atoms with Crippen molar-refractivity contribution < 1.29 is 4.79 Å². The van der Waals surface area contributed by atoms with E-state index in [2.05, 4.69) is 4.98 Å². The number of halogens is 1. The monoisotopic (exact) mass is 268 g/mol. The zero-order valence-corrected chi connectivity index (χ0v) is 12.5. The third-order valence-corrected chi connectivity index (χ3v) is 3.05. The molecular formula is C14H21ClN2O. The smallest absolute Gasteiger partial charge is 0.255 e. The molecule has 4 heteroatoms. The average Bonchev–Trinajstić information content (AvgIpc) is 2.28. The number of carbonyl (C=O) groups is 1. The van der Waals surface area contributed by atoms with Crippen LogP contribution in [-0.4, -0.2) is 28.9 Å². The Labute approximate surface area is 114 Å². The van der Waals surface area contributed by atoms with Crippen molar-refractivity contribution in [2.75, 3.05) is 13.1 Å². The predicted molar refractivity (Wildman–Crippen MR) is 75.2 cm³/mol. The molecule has 0 aromatic carbocycles. The summed E-state index contributed by atoms with van der Waals surface area (Å²) in [6, 6.07) is 1.72. The molecule has 0 spiro atoms. The molecule has 0 atom stereocenters. The zero-order chi connectivity index (χ0) is 13.9. The topological polar surface area (TPSA) is 33.2 Å². The first-order valence-electron chi connectivity index (χ1n) is 6.26. The molecule has 0 radical (unpaired) electrons. The fourth-order valence-corrected chi connectivity index (χ4v) is 2.04. The summed E-state index contributed by atoms with van der Waals surface area (Å²) < 4.78 is 0. The van der Waals surface area contributed by atoms with Crippen LogP contribution in [0.3, 0.4) is 0 Å². The molecule has 1 amide bonds. The summed E-state index contributed by atoms with van der Waals surface area (Å²) in [7, 11) is 0. The fraction of sp³-hybridized carbons (Fsp3) is 0.571. The van der Waals surface area contributed by atoms with Gasteiger partial charge >= 0.3 is 0 Å². The van der Waals surface area contributed by atoms with Crippen LogP contribution < -0.4 is 0 Å². The van der Waals surface area contributed by atoms with Crippen molar-refractivity contribution in [1.29, 1.82) is 0 Å². The van der Waals surface area contributed by atoms with Gasteiger partial charge in [-0.05, 0) is 19.9 Å². The lowest BCUT2D eigenvalue weighted by Crippen LogP contribution is -2.33. The number of aromatic nitrogens is 1. The van der Waals surface area contributed by atoms with Gasteiger partial charge in [-0.15, -0.1) is 0 Å². The molecule has 0 saturated heterocycles. The Morgan fingerprint density at radius 2 is 1.89 bits per heavy atom. The van der Waals surface area contributed by atoms with E-state index in [0.717, 1.165) is 5.69 Å². The highest BCUT2D eigenvalue weighted by molar-refractivity contribution is 6.30. The van der Waals surface area contributed by atoms with E-state index in [0.29, 0.717) is 23.7 Å². The quantitative estimate of drug-likeness (QED) is 0.840. The van der Waals surface area contributed by atoms with Crippen LogP contribution >= 0.6 is 11.6 Å². The van der Waals surface area contributed by atoms with E-state index in [9.17, 15) is 4.79 Å². The molecule has 1 heterocycles. The Bertz CT molecular complexity index is 434. The summed E-state index contributed by atoms with van der Waals surface area (Å²) in [6.45, 7) is 11.4. The summed E-state index contributed by atoms with van der Waals surface area (Å²) in [5.41, 5.74) is 1.23. The molecule has 0 N–H and O–H groups in total. The summed E-state index contributed by atoms with van der Waals surface area (Å²) in [6.07, 6.45) is 1.60. The second-order valence-electron chi connectivity index (χ2n) is 5.28. The van der Waals surface area contributed by atoms with Crippen molar-refractivity contribution in [3.63, 3.8) is 0 Å². The number of nitrogens with zero attached hydrogens (tertiary/aromatic N) is 2. The van der Waals surface area contributed by atoms with Gasteiger partial charge in [0.15, 0.2) is 0 Å². The Kier molecular flexibility index (Phi) is 4.74. The van der Waals surface area contributed by atoms with Gasteiger partial charge in [-0.1, -0.05) is 32.4 Å². The highest BCUT2D eigenvalue weighted by atomic mass is 35.5. The van der Waals surface area contributed by atoms with Gasteiger partial charge < -0.3 is 4.90 Å². The lowest BCUT2D eigenvalue weighted by Gasteiger charge is -2.25. The maximum absolute atomic E-state index is 12.5. The largest absolute Gasteiger partial charge is 0.339 e. The molecule has 0 unspecified atom stereocenters. The number of pyridine rings is 1. The maximum atomic E-state index is 12.5. The maximum Gasteiger partial charge on any atom is 0.255 e. The summed E-state index contributed by atoms with van der Waals surface area (Å²) >= 11 is 5.97. The van der Waals surface area contributed by atoms with E-state index in [1.54, 1.807) is 17.2 Å². The summed E-state index contributed by atoms with van der Waals surface area (Å²) in [5.74, 6) is -0.0000694. The Morgan fingerprint density at radius 1 is 1.33 bits per heavy atom. The molecule has 100 valence electrons. The van der Waals surface area contributed by atoms with Crippen LogP contribution in [0, 0.1) is 0 Å². The summed E-state index contributed by atoms with van der Waals surface area (Å²) in [5, 5.41) is 0.499. The normalized spacial score (nSPS) is 11.4. The molecule has 0 aliphatic rings. The second kappa shape index (κ2) is 5.70. The van der Waals surface area contributed by atoms with Gasteiger partial charge in [-0.3, -0.25) is 9.78 Å². The molecule has 0 aliphatic heterocycles. The van der Waals surface area contributed by atoms with Crippen LogP contribution in [0.5, 0.6) is 0 Å². The minimum atomic E-state index is -0.178.